The van der Waals surface area contributed by atoms with Crippen LogP contribution in [0.3, 0.4) is 0 Å². The Morgan fingerprint density at radius 2 is 2.04 bits per heavy atom. The molecule has 134 valence electrons. The van der Waals surface area contributed by atoms with Crippen molar-refractivity contribution in [2.75, 3.05) is 19.7 Å². The zero-order chi connectivity index (χ0) is 18.4. The highest BCUT2D eigenvalue weighted by molar-refractivity contribution is 7.11. The van der Waals surface area contributed by atoms with Crippen molar-refractivity contribution < 1.29 is 14.3 Å². The SMILES string of the molecule is Cc1ccsc1/C=C/C(=O)OCC(=O)N1CC=C(c2ccccc2)CC1. The summed E-state index contributed by atoms with van der Waals surface area (Å²) in [6.45, 7) is 2.95. The fraction of sp³-hybridized carbons (Fsp3) is 0.238. The first-order chi connectivity index (χ1) is 12.6. The number of aryl methyl sites for hydroxylation is 1. The number of amides is 1. The number of benzene rings is 1. The molecule has 0 saturated carbocycles. The number of carbonyl (C=O) groups excluding carboxylic acids is 2. The average Bonchev–Trinajstić information content (AvgIpc) is 3.10. The minimum atomic E-state index is -0.497. The molecule has 0 atom stereocenters. The highest BCUT2D eigenvalue weighted by Crippen LogP contribution is 2.22. The second-order valence-corrected chi connectivity index (χ2v) is 7.04. The van der Waals surface area contributed by atoms with Gasteiger partial charge in [-0.2, -0.15) is 0 Å². The normalized spacial score (nSPS) is 14.3. The first-order valence-corrected chi connectivity index (χ1v) is 9.42. The average molecular weight is 367 g/mol. The van der Waals surface area contributed by atoms with Crippen molar-refractivity contribution in [1.82, 2.24) is 4.90 Å². The molecule has 0 saturated heterocycles. The van der Waals surface area contributed by atoms with Crippen LogP contribution in [0, 0.1) is 6.92 Å². The first kappa shape index (κ1) is 18.1. The summed E-state index contributed by atoms with van der Waals surface area (Å²) in [6.07, 6.45) is 5.97. The molecule has 2 heterocycles. The maximum Gasteiger partial charge on any atom is 0.331 e. The van der Waals surface area contributed by atoms with Gasteiger partial charge in [0, 0.05) is 24.0 Å². The molecule has 0 bridgehead atoms. The molecule has 0 radical (unpaired) electrons. The Bertz CT molecular complexity index is 836. The maximum atomic E-state index is 12.2. The van der Waals surface area contributed by atoms with Gasteiger partial charge in [-0.25, -0.2) is 4.79 Å². The first-order valence-electron chi connectivity index (χ1n) is 8.54. The van der Waals surface area contributed by atoms with Crippen LogP contribution < -0.4 is 0 Å². The van der Waals surface area contributed by atoms with Gasteiger partial charge >= 0.3 is 5.97 Å². The van der Waals surface area contributed by atoms with Crippen LogP contribution in [0.2, 0.25) is 0 Å². The zero-order valence-electron chi connectivity index (χ0n) is 14.7. The second-order valence-electron chi connectivity index (χ2n) is 6.09. The lowest BCUT2D eigenvalue weighted by Gasteiger charge is -2.26. The van der Waals surface area contributed by atoms with Crippen molar-refractivity contribution in [2.45, 2.75) is 13.3 Å². The van der Waals surface area contributed by atoms with E-state index >= 15 is 0 Å². The largest absolute Gasteiger partial charge is 0.452 e. The quantitative estimate of drug-likeness (QED) is 0.594. The minimum absolute atomic E-state index is 0.164. The fourth-order valence-electron chi connectivity index (χ4n) is 2.78. The van der Waals surface area contributed by atoms with Crippen molar-refractivity contribution in [1.29, 1.82) is 0 Å². The molecule has 1 aromatic heterocycles. The van der Waals surface area contributed by atoms with E-state index < -0.39 is 5.97 Å². The van der Waals surface area contributed by atoms with E-state index in [2.05, 4.69) is 18.2 Å². The Hall–Kier alpha value is -2.66. The van der Waals surface area contributed by atoms with E-state index in [1.165, 1.54) is 17.2 Å². The molecule has 4 nitrogen and oxygen atoms in total. The highest BCUT2D eigenvalue weighted by Gasteiger charge is 2.18. The van der Waals surface area contributed by atoms with Gasteiger partial charge in [-0.3, -0.25) is 4.79 Å². The lowest BCUT2D eigenvalue weighted by molar-refractivity contribution is -0.147. The summed E-state index contributed by atoms with van der Waals surface area (Å²) in [7, 11) is 0. The third-order valence-electron chi connectivity index (χ3n) is 4.32. The number of nitrogens with zero attached hydrogens (tertiary/aromatic N) is 1. The predicted octanol–water partition coefficient (Wildman–Crippen LogP) is 3.93. The van der Waals surface area contributed by atoms with Gasteiger partial charge in [0.05, 0.1) is 0 Å². The monoisotopic (exact) mass is 367 g/mol. The van der Waals surface area contributed by atoms with E-state index in [0.717, 1.165) is 16.9 Å². The van der Waals surface area contributed by atoms with Crippen LogP contribution in [0.1, 0.15) is 22.4 Å². The van der Waals surface area contributed by atoms with Crippen LogP contribution in [-0.4, -0.2) is 36.5 Å². The van der Waals surface area contributed by atoms with E-state index in [0.29, 0.717) is 13.1 Å². The standard InChI is InChI=1S/C21H21NO3S/c1-16-11-14-26-19(16)7-8-21(24)25-15-20(23)22-12-9-18(10-13-22)17-5-3-2-4-6-17/h2-9,11,14H,10,12-13,15H2,1H3/b8-7+. The van der Waals surface area contributed by atoms with Gasteiger partial charge in [0.1, 0.15) is 0 Å². The van der Waals surface area contributed by atoms with Crippen molar-refractivity contribution in [2.24, 2.45) is 0 Å². The number of carbonyl (C=O) groups is 2. The van der Waals surface area contributed by atoms with Gasteiger partial charge in [0.15, 0.2) is 6.61 Å². The Balaban J connectivity index is 1.47. The molecule has 1 aromatic carbocycles. The Morgan fingerprint density at radius 3 is 2.69 bits per heavy atom. The summed E-state index contributed by atoms with van der Waals surface area (Å²) in [5.41, 5.74) is 3.56. The number of thiophene rings is 1. The molecule has 1 aliphatic heterocycles. The number of rotatable bonds is 5. The lowest BCUT2D eigenvalue weighted by Crippen LogP contribution is -2.37. The van der Waals surface area contributed by atoms with Crippen LogP contribution in [0.4, 0.5) is 0 Å². The molecule has 1 aliphatic rings. The molecular formula is C21H21NO3S. The lowest BCUT2D eigenvalue weighted by atomic mass is 10.00. The number of ether oxygens (including phenoxy) is 1. The molecule has 5 heteroatoms. The smallest absolute Gasteiger partial charge is 0.331 e. The molecule has 2 aromatic rings. The Labute approximate surface area is 157 Å². The van der Waals surface area contributed by atoms with Gasteiger partial charge in [-0.05, 0) is 47.6 Å². The zero-order valence-corrected chi connectivity index (χ0v) is 15.5. The fourth-order valence-corrected chi connectivity index (χ4v) is 3.60. The summed E-state index contributed by atoms with van der Waals surface area (Å²) in [5, 5.41) is 1.97. The van der Waals surface area contributed by atoms with E-state index in [-0.39, 0.29) is 12.5 Å². The van der Waals surface area contributed by atoms with E-state index in [1.807, 2.05) is 36.6 Å². The van der Waals surface area contributed by atoms with E-state index in [1.54, 1.807) is 22.3 Å². The molecule has 0 N–H and O–H groups in total. The third kappa shape index (κ3) is 4.70. The summed E-state index contributed by atoms with van der Waals surface area (Å²) in [6, 6.07) is 12.2. The third-order valence-corrected chi connectivity index (χ3v) is 5.30. The van der Waals surface area contributed by atoms with Gasteiger partial charge in [0.2, 0.25) is 0 Å². The van der Waals surface area contributed by atoms with Crippen molar-refractivity contribution in [3.05, 3.63) is 69.9 Å². The summed E-state index contributed by atoms with van der Waals surface area (Å²) in [4.78, 5) is 26.7. The van der Waals surface area contributed by atoms with Crippen LogP contribution in [0.15, 0.2) is 53.9 Å². The van der Waals surface area contributed by atoms with E-state index in [4.69, 9.17) is 4.74 Å². The van der Waals surface area contributed by atoms with Crippen LogP contribution >= 0.6 is 11.3 Å². The predicted molar refractivity (Wildman–Crippen MR) is 105 cm³/mol. The molecule has 1 amide bonds. The Kier molecular flexibility index (Phi) is 6.02. The molecular weight excluding hydrogens is 346 g/mol. The minimum Gasteiger partial charge on any atom is -0.452 e. The number of hydrogen-bond acceptors (Lipinski definition) is 4. The van der Waals surface area contributed by atoms with Crippen LogP contribution in [0.5, 0.6) is 0 Å². The Morgan fingerprint density at radius 1 is 1.23 bits per heavy atom. The van der Waals surface area contributed by atoms with Crippen molar-refractivity contribution >= 4 is 34.9 Å². The van der Waals surface area contributed by atoms with Crippen molar-refractivity contribution in [3.8, 4) is 0 Å². The van der Waals surface area contributed by atoms with Crippen LogP contribution in [0.25, 0.3) is 11.6 Å². The molecule has 26 heavy (non-hydrogen) atoms. The maximum absolute atomic E-state index is 12.2. The van der Waals surface area contributed by atoms with Gasteiger partial charge in [0.25, 0.3) is 5.91 Å². The van der Waals surface area contributed by atoms with Crippen molar-refractivity contribution in [3.63, 3.8) is 0 Å². The van der Waals surface area contributed by atoms with Gasteiger partial charge in [-0.1, -0.05) is 36.4 Å². The summed E-state index contributed by atoms with van der Waals surface area (Å²) in [5.74, 6) is -0.661. The summed E-state index contributed by atoms with van der Waals surface area (Å²) >= 11 is 1.56. The summed E-state index contributed by atoms with van der Waals surface area (Å²) < 4.78 is 5.07. The van der Waals surface area contributed by atoms with Gasteiger partial charge < -0.3 is 9.64 Å². The number of hydrogen-bond donors (Lipinski definition) is 0. The molecule has 0 aliphatic carbocycles. The second kappa shape index (κ2) is 8.63. The number of esters is 1. The highest BCUT2D eigenvalue weighted by atomic mass is 32.1. The van der Waals surface area contributed by atoms with Gasteiger partial charge in [-0.15, -0.1) is 11.3 Å². The van der Waals surface area contributed by atoms with E-state index in [9.17, 15) is 9.59 Å². The topological polar surface area (TPSA) is 46.6 Å². The van der Waals surface area contributed by atoms with Crippen LogP contribution in [-0.2, 0) is 14.3 Å². The molecule has 0 spiro atoms. The molecule has 0 unspecified atom stereocenters. The molecule has 0 fully saturated rings. The molecule has 3 rings (SSSR count).